The van der Waals surface area contributed by atoms with Gasteiger partial charge in [-0.25, -0.2) is 9.59 Å². The van der Waals surface area contributed by atoms with E-state index >= 15 is 0 Å². The molecule has 164 valence electrons. The van der Waals surface area contributed by atoms with Crippen LogP contribution in [0, 0.1) is 0 Å². The molecule has 29 heavy (non-hydrogen) atoms. The van der Waals surface area contributed by atoms with Gasteiger partial charge in [-0.1, -0.05) is 63.3 Å². The number of carboxylic acid groups (broad SMARTS) is 2. The zero-order valence-electron chi connectivity index (χ0n) is 17.1. The number of aliphatic hydroxyl groups excluding tert-OH is 2. The maximum absolute atomic E-state index is 11.0. The molecule has 0 bridgehead atoms. The van der Waals surface area contributed by atoms with Gasteiger partial charge in [0.15, 0.2) is 12.2 Å². The molecule has 3 unspecified atom stereocenters. The Kier molecular flexibility index (Phi) is 12.2. The van der Waals surface area contributed by atoms with Crippen molar-refractivity contribution in [2.45, 2.75) is 83.0 Å². The topological polar surface area (TPSA) is 124 Å². The predicted molar refractivity (Wildman–Crippen MR) is 109 cm³/mol. The fraction of sp³-hybridized carbons (Fsp3) is 0.636. The van der Waals surface area contributed by atoms with Crippen molar-refractivity contribution in [1.82, 2.24) is 0 Å². The molecular formula is C22H34O7. The number of hydrogen-bond acceptors (Lipinski definition) is 5. The fourth-order valence-electron chi connectivity index (χ4n) is 3.04. The van der Waals surface area contributed by atoms with Crippen molar-refractivity contribution in [3.05, 3.63) is 35.4 Å². The Morgan fingerprint density at radius 2 is 1.41 bits per heavy atom. The number of unbranched alkanes of at least 4 members (excludes halogenated alkanes) is 5. The van der Waals surface area contributed by atoms with Crippen molar-refractivity contribution in [2.75, 3.05) is 6.61 Å². The highest BCUT2D eigenvalue weighted by Gasteiger charge is 2.33. The third-order valence-electron chi connectivity index (χ3n) is 4.86. The summed E-state index contributed by atoms with van der Waals surface area (Å²) < 4.78 is 4.89. The first-order chi connectivity index (χ1) is 13.8. The molecule has 0 spiro atoms. The Labute approximate surface area is 172 Å². The van der Waals surface area contributed by atoms with E-state index < -0.39 is 30.3 Å². The Balaban J connectivity index is 2.32. The SMILES string of the molecule is CCCCCCCCc1ccc(CCC(O)COC(C(=O)O)C(O)C(=O)O)cc1. The number of rotatable bonds is 16. The van der Waals surface area contributed by atoms with Crippen LogP contribution in [0.25, 0.3) is 0 Å². The molecule has 0 fully saturated rings. The summed E-state index contributed by atoms with van der Waals surface area (Å²) in [6.45, 7) is 1.85. The van der Waals surface area contributed by atoms with Crippen LogP contribution >= 0.6 is 0 Å². The molecule has 0 saturated carbocycles. The molecule has 1 rings (SSSR count). The van der Waals surface area contributed by atoms with Crippen LogP contribution in [0.5, 0.6) is 0 Å². The minimum atomic E-state index is -2.18. The number of benzene rings is 1. The normalized spacial score (nSPS) is 14.3. The molecule has 0 aliphatic heterocycles. The monoisotopic (exact) mass is 410 g/mol. The number of aryl methyl sites for hydroxylation is 2. The third kappa shape index (κ3) is 10.4. The van der Waals surface area contributed by atoms with Gasteiger partial charge >= 0.3 is 11.9 Å². The van der Waals surface area contributed by atoms with Gasteiger partial charge in [-0.05, 0) is 36.8 Å². The highest BCUT2D eigenvalue weighted by molar-refractivity contribution is 5.83. The zero-order valence-corrected chi connectivity index (χ0v) is 17.1. The van der Waals surface area contributed by atoms with Gasteiger partial charge in [-0.3, -0.25) is 0 Å². The van der Waals surface area contributed by atoms with Gasteiger partial charge in [0.1, 0.15) is 0 Å². The Hall–Kier alpha value is -1.96. The largest absolute Gasteiger partial charge is 0.479 e. The first-order valence-electron chi connectivity index (χ1n) is 10.4. The second-order valence-electron chi connectivity index (χ2n) is 7.40. The Bertz CT molecular complexity index is 600. The molecule has 0 amide bonds. The van der Waals surface area contributed by atoms with Crippen molar-refractivity contribution < 1.29 is 34.8 Å². The average molecular weight is 411 g/mol. The molecule has 1 aromatic rings. The van der Waals surface area contributed by atoms with Crippen LogP contribution in [0.15, 0.2) is 24.3 Å². The summed E-state index contributed by atoms with van der Waals surface area (Å²) in [5.41, 5.74) is 2.34. The molecule has 3 atom stereocenters. The molecule has 7 nitrogen and oxygen atoms in total. The van der Waals surface area contributed by atoms with Crippen molar-refractivity contribution in [2.24, 2.45) is 0 Å². The Morgan fingerprint density at radius 1 is 0.862 bits per heavy atom. The molecule has 7 heteroatoms. The predicted octanol–water partition coefficient (Wildman–Crippen LogP) is 2.80. The van der Waals surface area contributed by atoms with Crippen molar-refractivity contribution in [1.29, 1.82) is 0 Å². The van der Waals surface area contributed by atoms with Gasteiger partial charge < -0.3 is 25.2 Å². The lowest BCUT2D eigenvalue weighted by Gasteiger charge is -2.18. The summed E-state index contributed by atoms with van der Waals surface area (Å²) in [5.74, 6) is -3.28. The standard InChI is InChI=1S/C22H34O7/c1-2-3-4-5-6-7-8-16-9-11-17(12-10-16)13-14-18(23)15-29-20(22(27)28)19(24)21(25)26/h9-12,18-20,23-24H,2-8,13-15H2,1H3,(H,25,26)(H,27,28). The van der Waals surface area contributed by atoms with Crippen LogP contribution in [-0.4, -0.2) is 57.3 Å². The maximum atomic E-state index is 11.0. The molecular weight excluding hydrogens is 376 g/mol. The molecule has 4 N–H and O–H groups in total. The van der Waals surface area contributed by atoms with Crippen molar-refractivity contribution in [3.8, 4) is 0 Å². The molecule has 0 heterocycles. The van der Waals surface area contributed by atoms with E-state index in [4.69, 9.17) is 14.9 Å². The highest BCUT2D eigenvalue weighted by atomic mass is 16.5. The quantitative estimate of drug-likeness (QED) is 0.309. The number of carboxylic acids is 2. The first kappa shape index (κ1) is 25.1. The minimum Gasteiger partial charge on any atom is -0.479 e. The second kappa shape index (κ2) is 14.1. The van der Waals surface area contributed by atoms with Crippen LogP contribution < -0.4 is 0 Å². The summed E-state index contributed by atoms with van der Waals surface area (Å²) in [6.07, 6.45) is 4.53. The lowest BCUT2D eigenvalue weighted by atomic mass is 10.0. The van der Waals surface area contributed by atoms with Crippen molar-refractivity contribution in [3.63, 3.8) is 0 Å². The van der Waals surface area contributed by atoms with Crippen LogP contribution in [0.4, 0.5) is 0 Å². The molecule has 0 aromatic heterocycles. The summed E-state index contributed by atoms with van der Waals surface area (Å²) >= 11 is 0. The van der Waals surface area contributed by atoms with Crippen LogP contribution in [0.1, 0.15) is 63.0 Å². The van der Waals surface area contributed by atoms with E-state index in [9.17, 15) is 19.8 Å². The van der Waals surface area contributed by atoms with Gasteiger partial charge in [0, 0.05) is 0 Å². The maximum Gasteiger partial charge on any atom is 0.336 e. The summed E-state index contributed by atoms with van der Waals surface area (Å²) in [4.78, 5) is 21.7. The van der Waals surface area contributed by atoms with Gasteiger partial charge in [0.25, 0.3) is 0 Å². The summed E-state index contributed by atoms with van der Waals surface area (Å²) in [5, 5.41) is 36.9. The van der Waals surface area contributed by atoms with Crippen molar-refractivity contribution >= 4 is 11.9 Å². The number of hydrogen-bond donors (Lipinski definition) is 4. The zero-order chi connectivity index (χ0) is 21.6. The molecule has 0 aliphatic rings. The van der Waals surface area contributed by atoms with Gasteiger partial charge in [0.2, 0.25) is 0 Å². The van der Waals surface area contributed by atoms with Crippen LogP contribution in [0.2, 0.25) is 0 Å². The van der Waals surface area contributed by atoms with E-state index in [1.807, 2.05) is 12.1 Å². The number of aliphatic carboxylic acids is 2. The van der Waals surface area contributed by atoms with E-state index in [1.165, 1.54) is 44.1 Å². The highest BCUT2D eigenvalue weighted by Crippen LogP contribution is 2.13. The second-order valence-corrected chi connectivity index (χ2v) is 7.40. The van der Waals surface area contributed by atoms with E-state index in [0.29, 0.717) is 12.8 Å². The smallest absolute Gasteiger partial charge is 0.336 e. The van der Waals surface area contributed by atoms with Gasteiger partial charge in [-0.2, -0.15) is 0 Å². The van der Waals surface area contributed by atoms with Crippen LogP contribution in [-0.2, 0) is 27.2 Å². The fourth-order valence-corrected chi connectivity index (χ4v) is 3.04. The number of aliphatic hydroxyl groups is 2. The third-order valence-corrected chi connectivity index (χ3v) is 4.86. The number of carbonyl (C=O) groups is 2. The van der Waals surface area contributed by atoms with Crippen LogP contribution in [0.3, 0.4) is 0 Å². The van der Waals surface area contributed by atoms with E-state index in [-0.39, 0.29) is 6.61 Å². The average Bonchev–Trinajstić information content (AvgIpc) is 2.69. The van der Waals surface area contributed by atoms with E-state index in [2.05, 4.69) is 19.1 Å². The van der Waals surface area contributed by atoms with E-state index in [0.717, 1.165) is 12.0 Å². The molecule has 0 saturated heterocycles. The van der Waals surface area contributed by atoms with E-state index in [1.54, 1.807) is 0 Å². The first-order valence-corrected chi connectivity index (χ1v) is 10.4. The summed E-state index contributed by atoms with van der Waals surface area (Å²) in [6, 6.07) is 8.23. The number of ether oxygens (including phenoxy) is 1. The lowest BCUT2D eigenvalue weighted by Crippen LogP contribution is -2.43. The summed E-state index contributed by atoms with van der Waals surface area (Å²) in [7, 11) is 0. The van der Waals surface area contributed by atoms with Gasteiger partial charge in [-0.15, -0.1) is 0 Å². The molecule has 0 aliphatic carbocycles. The minimum absolute atomic E-state index is 0.340. The molecule has 0 radical (unpaired) electrons. The lowest BCUT2D eigenvalue weighted by molar-refractivity contribution is -0.173. The molecule has 1 aromatic carbocycles. The van der Waals surface area contributed by atoms with Gasteiger partial charge in [0.05, 0.1) is 12.7 Å². The Morgan fingerprint density at radius 3 is 1.97 bits per heavy atom.